The molecule has 0 unspecified atom stereocenters. The van der Waals surface area contributed by atoms with Crippen LogP contribution in [0.2, 0.25) is 0 Å². The number of thioether (sulfide) groups is 1. The van der Waals surface area contributed by atoms with Crippen molar-refractivity contribution in [3.05, 3.63) is 40.3 Å². The fraction of sp³-hybridized carbons (Fsp3) is 0.286. The van der Waals surface area contributed by atoms with Gasteiger partial charge in [-0.25, -0.2) is 9.97 Å². The van der Waals surface area contributed by atoms with Gasteiger partial charge >= 0.3 is 0 Å². The largest absolute Gasteiger partial charge is 0.356 e. The molecule has 1 N–H and O–H groups in total. The van der Waals surface area contributed by atoms with Crippen LogP contribution in [0.5, 0.6) is 0 Å². The lowest BCUT2D eigenvalue weighted by molar-refractivity contribution is -0.118. The summed E-state index contributed by atoms with van der Waals surface area (Å²) in [5.74, 6) is 0.362. The third-order valence-electron chi connectivity index (χ3n) is 2.56. The number of aromatic nitrogens is 2. The zero-order valence-electron chi connectivity index (χ0n) is 11.5. The molecule has 0 radical (unpaired) electrons. The maximum absolute atomic E-state index is 12.1. The van der Waals surface area contributed by atoms with E-state index in [-0.39, 0.29) is 11.7 Å². The molecule has 0 saturated carbocycles. The van der Waals surface area contributed by atoms with E-state index in [2.05, 4.69) is 15.3 Å². The lowest BCUT2D eigenvalue weighted by Gasteiger charge is -1.99. The number of nitrogens with zero attached hydrogens (tertiary/aromatic N) is 2. The molecule has 0 spiro atoms. The molecule has 110 valence electrons. The van der Waals surface area contributed by atoms with Crippen molar-refractivity contribution >= 4 is 34.8 Å². The summed E-state index contributed by atoms with van der Waals surface area (Å²) in [5.41, 5.74) is 0. The summed E-state index contributed by atoms with van der Waals surface area (Å²) >= 11 is 2.81. The zero-order valence-corrected chi connectivity index (χ0v) is 13.2. The Morgan fingerprint density at radius 3 is 2.76 bits per heavy atom. The van der Waals surface area contributed by atoms with Crippen LogP contribution in [0.4, 0.5) is 0 Å². The highest BCUT2D eigenvalue weighted by Crippen LogP contribution is 2.20. The first-order valence-electron chi connectivity index (χ1n) is 6.41. The molecule has 21 heavy (non-hydrogen) atoms. The number of amides is 1. The minimum atomic E-state index is -0.0397. The van der Waals surface area contributed by atoms with Crippen LogP contribution in [-0.2, 0) is 11.2 Å². The van der Waals surface area contributed by atoms with Crippen LogP contribution in [0, 0.1) is 0 Å². The van der Waals surface area contributed by atoms with E-state index in [4.69, 9.17) is 0 Å². The van der Waals surface area contributed by atoms with Gasteiger partial charge in [-0.05, 0) is 24.6 Å². The van der Waals surface area contributed by atoms with Crippen molar-refractivity contribution in [3.63, 3.8) is 0 Å². The molecule has 7 heteroatoms. The first-order valence-corrected chi connectivity index (χ1v) is 8.21. The van der Waals surface area contributed by atoms with Crippen molar-refractivity contribution in [1.29, 1.82) is 0 Å². The van der Waals surface area contributed by atoms with E-state index in [0.29, 0.717) is 17.5 Å². The summed E-state index contributed by atoms with van der Waals surface area (Å²) in [4.78, 5) is 32.8. The Bertz CT molecular complexity index is 614. The van der Waals surface area contributed by atoms with Crippen LogP contribution in [-0.4, -0.2) is 34.0 Å². The summed E-state index contributed by atoms with van der Waals surface area (Å²) in [5, 5.41) is 3.35. The van der Waals surface area contributed by atoms with Gasteiger partial charge in [0.1, 0.15) is 0 Å². The Balaban J connectivity index is 1.83. The fourth-order valence-corrected chi connectivity index (χ4v) is 3.31. The number of carbonyl (C=O) groups is 2. The van der Waals surface area contributed by atoms with Crippen molar-refractivity contribution in [2.24, 2.45) is 0 Å². The molecular weight excluding hydrogens is 306 g/mol. The number of carbonyl (C=O) groups excluding carboxylic acids is 2. The lowest BCUT2D eigenvalue weighted by Crippen LogP contribution is -2.22. The van der Waals surface area contributed by atoms with E-state index in [1.807, 2.05) is 12.1 Å². The molecule has 0 bridgehead atoms. The Labute approximate surface area is 131 Å². The van der Waals surface area contributed by atoms with Gasteiger partial charge in [0.05, 0.1) is 10.6 Å². The van der Waals surface area contributed by atoms with Gasteiger partial charge in [-0.15, -0.1) is 11.3 Å². The van der Waals surface area contributed by atoms with Crippen molar-refractivity contribution in [3.8, 4) is 0 Å². The molecule has 0 fully saturated rings. The highest BCUT2D eigenvalue weighted by Gasteiger charge is 2.10. The zero-order chi connectivity index (χ0) is 15.1. The molecule has 0 aliphatic rings. The van der Waals surface area contributed by atoms with Gasteiger partial charge in [-0.2, -0.15) is 0 Å². The summed E-state index contributed by atoms with van der Waals surface area (Å²) < 4.78 is 0. The predicted molar refractivity (Wildman–Crippen MR) is 83.8 cm³/mol. The molecular formula is C14H15N3O2S2. The molecule has 2 aromatic rings. The van der Waals surface area contributed by atoms with Crippen molar-refractivity contribution in [2.45, 2.75) is 18.5 Å². The molecule has 2 rings (SSSR count). The van der Waals surface area contributed by atoms with E-state index in [0.717, 1.165) is 16.2 Å². The minimum absolute atomic E-state index is 0.0397. The SMILES string of the molecule is CC(=O)NCCc1ccc(C(=O)CSc2ncccn2)s1. The first-order chi connectivity index (χ1) is 10.1. The highest BCUT2D eigenvalue weighted by atomic mass is 32.2. The van der Waals surface area contributed by atoms with Crippen LogP contribution in [0.15, 0.2) is 35.7 Å². The minimum Gasteiger partial charge on any atom is -0.356 e. The molecule has 1 amide bonds. The Kier molecular flexibility index (Phi) is 5.89. The molecule has 0 atom stereocenters. The molecule has 0 aliphatic carbocycles. The van der Waals surface area contributed by atoms with Crippen molar-refractivity contribution < 1.29 is 9.59 Å². The van der Waals surface area contributed by atoms with E-state index < -0.39 is 0 Å². The molecule has 0 aliphatic heterocycles. The van der Waals surface area contributed by atoms with Crippen LogP contribution < -0.4 is 5.32 Å². The number of thiophene rings is 1. The van der Waals surface area contributed by atoms with Crippen molar-refractivity contribution in [1.82, 2.24) is 15.3 Å². The van der Waals surface area contributed by atoms with Gasteiger partial charge < -0.3 is 5.32 Å². The van der Waals surface area contributed by atoms with E-state index in [9.17, 15) is 9.59 Å². The van der Waals surface area contributed by atoms with Crippen LogP contribution in [0.25, 0.3) is 0 Å². The number of hydrogen-bond donors (Lipinski definition) is 1. The molecule has 0 saturated heterocycles. The third-order valence-corrected chi connectivity index (χ3v) is 4.62. The molecule has 5 nitrogen and oxygen atoms in total. The second-order valence-electron chi connectivity index (χ2n) is 4.24. The Hall–Kier alpha value is -1.73. The van der Waals surface area contributed by atoms with Gasteiger partial charge in [-0.1, -0.05) is 11.8 Å². The lowest BCUT2D eigenvalue weighted by atomic mass is 10.3. The van der Waals surface area contributed by atoms with Gasteiger partial charge in [-0.3, -0.25) is 9.59 Å². The number of rotatable bonds is 7. The second kappa shape index (κ2) is 7.90. The summed E-state index contributed by atoms with van der Waals surface area (Å²) in [6.07, 6.45) is 4.06. The standard InChI is InChI=1S/C14H15N3O2S2/c1-10(18)15-8-5-11-3-4-13(21-11)12(19)9-20-14-16-6-2-7-17-14/h2-4,6-7H,5,8-9H2,1H3,(H,15,18). The number of ketones is 1. The van der Waals surface area contributed by atoms with E-state index in [1.54, 1.807) is 18.5 Å². The average molecular weight is 321 g/mol. The maximum atomic E-state index is 12.1. The summed E-state index contributed by atoms with van der Waals surface area (Å²) in [7, 11) is 0. The van der Waals surface area contributed by atoms with E-state index >= 15 is 0 Å². The predicted octanol–water partition coefficient (Wildman–Crippen LogP) is 2.19. The maximum Gasteiger partial charge on any atom is 0.216 e. The average Bonchev–Trinajstić information content (AvgIpc) is 2.94. The van der Waals surface area contributed by atoms with Gasteiger partial charge in [0.2, 0.25) is 5.91 Å². The Morgan fingerprint density at radius 1 is 1.29 bits per heavy atom. The summed E-state index contributed by atoms with van der Waals surface area (Å²) in [6, 6.07) is 5.51. The normalized spacial score (nSPS) is 10.3. The third kappa shape index (κ3) is 5.28. The number of nitrogens with one attached hydrogen (secondary N) is 1. The second-order valence-corrected chi connectivity index (χ2v) is 6.35. The fourth-order valence-electron chi connectivity index (χ4n) is 1.59. The summed E-state index contributed by atoms with van der Waals surface area (Å²) in [6.45, 7) is 2.09. The first kappa shape index (κ1) is 15.7. The number of Topliss-reactive ketones (excluding diaryl/α,β-unsaturated/α-hetero) is 1. The quantitative estimate of drug-likeness (QED) is 0.481. The molecule has 0 aromatic carbocycles. The molecule has 2 heterocycles. The smallest absolute Gasteiger partial charge is 0.216 e. The number of hydrogen-bond acceptors (Lipinski definition) is 6. The van der Waals surface area contributed by atoms with Crippen LogP contribution in [0.1, 0.15) is 21.5 Å². The molecule has 2 aromatic heterocycles. The topological polar surface area (TPSA) is 72.0 Å². The van der Waals surface area contributed by atoms with Crippen LogP contribution >= 0.6 is 23.1 Å². The van der Waals surface area contributed by atoms with Gasteiger partial charge in [0, 0.05) is 30.7 Å². The Morgan fingerprint density at radius 2 is 2.05 bits per heavy atom. The van der Waals surface area contributed by atoms with Gasteiger partial charge in [0.15, 0.2) is 10.9 Å². The van der Waals surface area contributed by atoms with Gasteiger partial charge in [0.25, 0.3) is 0 Å². The van der Waals surface area contributed by atoms with Crippen molar-refractivity contribution in [2.75, 3.05) is 12.3 Å². The monoisotopic (exact) mass is 321 g/mol. The van der Waals surface area contributed by atoms with Crippen LogP contribution in [0.3, 0.4) is 0 Å². The van der Waals surface area contributed by atoms with E-state index in [1.165, 1.54) is 30.0 Å². The highest BCUT2D eigenvalue weighted by molar-refractivity contribution is 7.99.